The molecule has 1 aliphatic rings. The highest BCUT2D eigenvalue weighted by Crippen LogP contribution is 2.31. The van der Waals surface area contributed by atoms with Gasteiger partial charge in [-0.05, 0) is 48.1 Å². The number of thioether (sulfide) groups is 1. The summed E-state index contributed by atoms with van der Waals surface area (Å²) in [5.74, 6) is -0.798. The molecule has 1 fully saturated rings. The average Bonchev–Trinajstić information content (AvgIpc) is 2.83. The standard InChI is InChI=1S/C16H11N3O3S2/c20-12-5-1-3-10(7-12)8-13-15(22)19(16(23)24-13)18-14(21)11-4-2-6-17-9-11/h1-9,20H,(H,18,21). The van der Waals surface area contributed by atoms with Gasteiger partial charge in [-0.25, -0.2) is 0 Å². The summed E-state index contributed by atoms with van der Waals surface area (Å²) in [7, 11) is 0. The van der Waals surface area contributed by atoms with Gasteiger partial charge in [-0.3, -0.25) is 20.0 Å². The monoisotopic (exact) mass is 357 g/mol. The highest BCUT2D eigenvalue weighted by atomic mass is 32.2. The van der Waals surface area contributed by atoms with Crippen molar-refractivity contribution >= 4 is 46.2 Å². The predicted molar refractivity (Wildman–Crippen MR) is 94.8 cm³/mol. The van der Waals surface area contributed by atoms with Crippen molar-refractivity contribution in [2.45, 2.75) is 0 Å². The Labute approximate surface area is 147 Å². The van der Waals surface area contributed by atoms with Gasteiger partial charge in [-0.2, -0.15) is 5.01 Å². The summed E-state index contributed by atoms with van der Waals surface area (Å²) < 4.78 is 0.226. The van der Waals surface area contributed by atoms with Crippen LogP contribution in [0.25, 0.3) is 6.08 Å². The molecular formula is C16H11N3O3S2. The van der Waals surface area contributed by atoms with Crippen molar-refractivity contribution in [1.29, 1.82) is 0 Å². The summed E-state index contributed by atoms with van der Waals surface area (Å²) >= 11 is 6.23. The van der Waals surface area contributed by atoms with Crippen LogP contribution < -0.4 is 5.43 Å². The summed E-state index contributed by atoms with van der Waals surface area (Å²) in [6.07, 6.45) is 4.55. The number of carbonyl (C=O) groups excluding carboxylic acids is 2. The summed E-state index contributed by atoms with van der Waals surface area (Å²) in [5.41, 5.74) is 3.46. The van der Waals surface area contributed by atoms with Crippen molar-refractivity contribution in [2.24, 2.45) is 0 Å². The Bertz CT molecular complexity index is 853. The molecule has 24 heavy (non-hydrogen) atoms. The number of hydrazine groups is 1. The lowest BCUT2D eigenvalue weighted by Crippen LogP contribution is -2.44. The molecule has 2 amide bonds. The van der Waals surface area contributed by atoms with Crippen molar-refractivity contribution in [3.63, 3.8) is 0 Å². The van der Waals surface area contributed by atoms with Gasteiger partial charge in [0, 0.05) is 12.4 Å². The number of aromatic nitrogens is 1. The molecule has 1 aromatic carbocycles. The number of rotatable bonds is 3. The van der Waals surface area contributed by atoms with E-state index in [1.807, 2.05) is 0 Å². The van der Waals surface area contributed by atoms with Gasteiger partial charge in [0.05, 0.1) is 10.5 Å². The fourth-order valence-corrected chi connectivity index (χ4v) is 3.17. The molecule has 0 atom stereocenters. The largest absolute Gasteiger partial charge is 0.508 e. The van der Waals surface area contributed by atoms with Crippen LogP contribution in [-0.4, -0.2) is 31.2 Å². The van der Waals surface area contributed by atoms with Crippen LogP contribution in [0.2, 0.25) is 0 Å². The zero-order valence-corrected chi connectivity index (χ0v) is 13.8. The van der Waals surface area contributed by atoms with E-state index in [0.717, 1.165) is 16.8 Å². The number of aromatic hydroxyl groups is 1. The van der Waals surface area contributed by atoms with E-state index < -0.39 is 11.8 Å². The predicted octanol–water partition coefficient (Wildman–Crippen LogP) is 2.33. The second-order valence-electron chi connectivity index (χ2n) is 4.79. The summed E-state index contributed by atoms with van der Waals surface area (Å²) in [5, 5.41) is 10.5. The Kier molecular flexibility index (Phi) is 4.59. The maximum atomic E-state index is 12.4. The van der Waals surface area contributed by atoms with Gasteiger partial charge in [0.25, 0.3) is 11.8 Å². The third-order valence-electron chi connectivity index (χ3n) is 3.10. The van der Waals surface area contributed by atoms with Crippen molar-refractivity contribution < 1.29 is 14.7 Å². The number of nitrogens with one attached hydrogen (secondary N) is 1. The quantitative estimate of drug-likeness (QED) is 0.648. The Hall–Kier alpha value is -2.71. The van der Waals surface area contributed by atoms with Crippen LogP contribution in [0.4, 0.5) is 0 Å². The number of thiocarbonyl (C=S) groups is 1. The number of hydrogen-bond acceptors (Lipinski definition) is 6. The third-order valence-corrected chi connectivity index (χ3v) is 4.40. The molecule has 0 saturated carbocycles. The van der Waals surface area contributed by atoms with Crippen molar-refractivity contribution in [3.05, 3.63) is 64.8 Å². The second-order valence-corrected chi connectivity index (χ2v) is 6.47. The van der Waals surface area contributed by atoms with Crippen LogP contribution in [-0.2, 0) is 4.79 Å². The Morgan fingerprint density at radius 3 is 2.88 bits per heavy atom. The fraction of sp³-hybridized carbons (Fsp3) is 0. The number of nitrogens with zero attached hydrogens (tertiary/aromatic N) is 2. The maximum absolute atomic E-state index is 12.4. The number of phenols is 1. The minimum absolute atomic E-state index is 0.101. The number of hydrogen-bond donors (Lipinski definition) is 2. The number of carbonyl (C=O) groups is 2. The molecule has 2 aromatic rings. The van der Waals surface area contributed by atoms with Crippen LogP contribution in [0.5, 0.6) is 5.75 Å². The molecule has 8 heteroatoms. The molecule has 3 rings (SSSR count). The minimum Gasteiger partial charge on any atom is -0.508 e. The molecular weight excluding hydrogens is 346 g/mol. The number of phenolic OH excluding ortho intramolecular Hbond substituents is 1. The molecule has 0 bridgehead atoms. The zero-order valence-electron chi connectivity index (χ0n) is 12.2. The van der Waals surface area contributed by atoms with Crippen LogP contribution in [0.3, 0.4) is 0 Å². The van der Waals surface area contributed by atoms with Crippen molar-refractivity contribution in [1.82, 2.24) is 15.4 Å². The number of amides is 2. The molecule has 120 valence electrons. The van der Waals surface area contributed by atoms with E-state index in [9.17, 15) is 14.7 Å². The summed E-state index contributed by atoms with van der Waals surface area (Å²) in [4.78, 5) is 28.8. The topological polar surface area (TPSA) is 82.5 Å². The smallest absolute Gasteiger partial charge is 0.285 e. The average molecular weight is 357 g/mol. The third kappa shape index (κ3) is 3.44. The summed E-state index contributed by atoms with van der Waals surface area (Å²) in [6, 6.07) is 9.70. The Morgan fingerprint density at radius 1 is 1.33 bits per heavy atom. The van der Waals surface area contributed by atoms with Crippen LogP contribution in [0.1, 0.15) is 15.9 Å². The van der Waals surface area contributed by atoms with Gasteiger partial charge in [-0.1, -0.05) is 23.9 Å². The van der Waals surface area contributed by atoms with Gasteiger partial charge in [0.1, 0.15) is 5.75 Å². The molecule has 1 aliphatic heterocycles. The first-order valence-electron chi connectivity index (χ1n) is 6.82. The van der Waals surface area contributed by atoms with E-state index in [4.69, 9.17) is 12.2 Å². The molecule has 6 nitrogen and oxygen atoms in total. The normalized spacial score (nSPS) is 15.8. The highest BCUT2D eigenvalue weighted by Gasteiger charge is 2.33. The van der Waals surface area contributed by atoms with Gasteiger partial charge < -0.3 is 5.11 Å². The number of pyridine rings is 1. The lowest BCUT2D eigenvalue weighted by atomic mass is 10.2. The van der Waals surface area contributed by atoms with Crippen LogP contribution in [0.15, 0.2) is 53.7 Å². The van der Waals surface area contributed by atoms with Crippen LogP contribution >= 0.6 is 24.0 Å². The maximum Gasteiger partial charge on any atom is 0.285 e. The van der Waals surface area contributed by atoms with E-state index in [-0.39, 0.29) is 10.1 Å². The molecule has 0 spiro atoms. The Morgan fingerprint density at radius 2 is 2.17 bits per heavy atom. The van der Waals surface area contributed by atoms with E-state index in [1.54, 1.807) is 36.5 Å². The molecule has 1 aromatic heterocycles. The Balaban J connectivity index is 1.78. The second kappa shape index (κ2) is 6.81. The first-order chi connectivity index (χ1) is 11.5. The van der Waals surface area contributed by atoms with E-state index in [2.05, 4.69) is 10.4 Å². The SMILES string of the molecule is O=C(NN1C(=O)C(=Cc2cccc(O)c2)SC1=S)c1cccnc1. The van der Waals surface area contributed by atoms with Crippen LogP contribution in [0, 0.1) is 0 Å². The molecule has 2 N–H and O–H groups in total. The lowest BCUT2D eigenvalue weighted by molar-refractivity contribution is -0.123. The molecule has 1 saturated heterocycles. The fourth-order valence-electron chi connectivity index (χ4n) is 1.99. The zero-order chi connectivity index (χ0) is 17.1. The number of benzene rings is 1. The first kappa shape index (κ1) is 16.2. The minimum atomic E-state index is -0.474. The van der Waals surface area contributed by atoms with Crippen molar-refractivity contribution in [3.8, 4) is 5.75 Å². The van der Waals surface area contributed by atoms with Gasteiger partial charge in [0.2, 0.25) is 0 Å². The molecule has 0 aliphatic carbocycles. The van der Waals surface area contributed by atoms with Gasteiger partial charge in [-0.15, -0.1) is 0 Å². The molecule has 0 radical (unpaired) electrons. The highest BCUT2D eigenvalue weighted by molar-refractivity contribution is 8.26. The van der Waals surface area contributed by atoms with E-state index >= 15 is 0 Å². The van der Waals surface area contributed by atoms with Crippen molar-refractivity contribution in [2.75, 3.05) is 0 Å². The van der Waals surface area contributed by atoms with E-state index in [1.165, 1.54) is 18.3 Å². The van der Waals surface area contributed by atoms with Gasteiger partial charge >= 0.3 is 0 Å². The van der Waals surface area contributed by atoms with Gasteiger partial charge in [0.15, 0.2) is 4.32 Å². The summed E-state index contributed by atoms with van der Waals surface area (Å²) in [6.45, 7) is 0. The lowest BCUT2D eigenvalue weighted by Gasteiger charge is -2.15. The van der Waals surface area contributed by atoms with E-state index in [0.29, 0.717) is 16.0 Å². The molecule has 2 heterocycles. The molecule has 0 unspecified atom stereocenters. The first-order valence-corrected chi connectivity index (χ1v) is 8.05.